The number of aryl methyl sites for hydroxylation is 1. The van der Waals surface area contributed by atoms with Crippen LogP contribution in [0.2, 0.25) is 0 Å². The molecule has 1 rings (SSSR count). The summed E-state index contributed by atoms with van der Waals surface area (Å²) in [4.78, 5) is 15.5. The first kappa shape index (κ1) is 12.2. The van der Waals surface area contributed by atoms with Crippen LogP contribution in [0.15, 0.2) is 0 Å². The van der Waals surface area contributed by atoms with Gasteiger partial charge in [0.15, 0.2) is 0 Å². The minimum absolute atomic E-state index is 0.178. The van der Waals surface area contributed by atoms with Gasteiger partial charge in [-0.2, -0.15) is 5.26 Å². The highest BCUT2D eigenvalue weighted by Gasteiger charge is 2.10. The van der Waals surface area contributed by atoms with E-state index in [-0.39, 0.29) is 11.7 Å². The van der Waals surface area contributed by atoms with Crippen LogP contribution in [0.25, 0.3) is 0 Å². The second-order valence-electron chi connectivity index (χ2n) is 3.33. The zero-order valence-electron chi connectivity index (χ0n) is 9.29. The normalized spacial score (nSPS) is 9.75. The summed E-state index contributed by atoms with van der Waals surface area (Å²) in [5.74, 6) is 0.611. The maximum absolute atomic E-state index is 11.5. The van der Waals surface area contributed by atoms with Crippen molar-refractivity contribution < 1.29 is 4.79 Å². The molecule has 0 atom stereocenters. The van der Waals surface area contributed by atoms with Crippen LogP contribution in [0.4, 0.5) is 0 Å². The molecule has 0 saturated heterocycles. The third-order valence-corrected chi connectivity index (χ3v) is 2.07. The highest BCUT2D eigenvalue weighted by Crippen LogP contribution is 1.95. The van der Waals surface area contributed by atoms with Gasteiger partial charge in [-0.25, -0.2) is 4.98 Å². The minimum atomic E-state index is -0.270. The van der Waals surface area contributed by atoms with E-state index < -0.39 is 0 Å². The fraction of sp³-hybridized carbons (Fsp3) is 0.600. The van der Waals surface area contributed by atoms with Gasteiger partial charge in [0.2, 0.25) is 5.82 Å². The summed E-state index contributed by atoms with van der Waals surface area (Å²) in [6.45, 7) is 2.49. The van der Waals surface area contributed by atoms with E-state index in [1.54, 1.807) is 0 Å². The quantitative estimate of drug-likeness (QED) is 0.694. The van der Waals surface area contributed by atoms with E-state index in [1.165, 1.54) is 0 Å². The fourth-order valence-electron chi connectivity index (χ4n) is 1.17. The Labute approximate surface area is 94.1 Å². The Kier molecular flexibility index (Phi) is 4.99. The van der Waals surface area contributed by atoms with Gasteiger partial charge in [-0.15, -0.1) is 5.10 Å². The summed E-state index contributed by atoms with van der Waals surface area (Å²) in [6, 6.07) is 2.06. The van der Waals surface area contributed by atoms with Crippen LogP contribution in [0.3, 0.4) is 0 Å². The number of amides is 1. The number of nitrogens with zero attached hydrogens (tertiary/aromatic N) is 3. The first-order valence-electron chi connectivity index (χ1n) is 5.34. The van der Waals surface area contributed by atoms with E-state index in [0.29, 0.717) is 18.8 Å². The van der Waals surface area contributed by atoms with Gasteiger partial charge < -0.3 is 5.32 Å². The molecule has 1 aromatic rings. The highest BCUT2D eigenvalue weighted by atomic mass is 16.2. The molecule has 0 aliphatic heterocycles. The van der Waals surface area contributed by atoms with Crippen molar-refractivity contribution in [2.75, 3.05) is 6.54 Å². The lowest BCUT2D eigenvalue weighted by Gasteiger charge is -1.99. The molecule has 6 nitrogen and oxygen atoms in total. The van der Waals surface area contributed by atoms with Crippen LogP contribution in [-0.2, 0) is 6.42 Å². The molecule has 0 saturated carbocycles. The molecule has 0 spiro atoms. The molecule has 16 heavy (non-hydrogen) atoms. The zero-order chi connectivity index (χ0) is 11.8. The first-order valence-corrected chi connectivity index (χ1v) is 5.34. The van der Waals surface area contributed by atoms with Crippen LogP contribution in [0.1, 0.15) is 42.6 Å². The van der Waals surface area contributed by atoms with Crippen molar-refractivity contribution in [1.29, 1.82) is 5.26 Å². The number of H-pyrrole nitrogens is 1. The summed E-state index contributed by atoms with van der Waals surface area (Å²) < 4.78 is 0. The van der Waals surface area contributed by atoms with Gasteiger partial charge in [0, 0.05) is 19.4 Å². The molecule has 1 heterocycles. The molecule has 0 aliphatic carbocycles. The third kappa shape index (κ3) is 3.69. The van der Waals surface area contributed by atoms with Gasteiger partial charge in [0.25, 0.3) is 5.91 Å². The average molecular weight is 221 g/mol. The van der Waals surface area contributed by atoms with Gasteiger partial charge >= 0.3 is 0 Å². The van der Waals surface area contributed by atoms with Gasteiger partial charge in [0.05, 0.1) is 6.07 Å². The molecule has 0 fully saturated rings. The Morgan fingerprint density at radius 3 is 3.00 bits per heavy atom. The zero-order valence-corrected chi connectivity index (χ0v) is 9.29. The predicted octanol–water partition coefficient (Wildman–Crippen LogP) is 0.791. The third-order valence-electron chi connectivity index (χ3n) is 2.07. The van der Waals surface area contributed by atoms with Crippen LogP contribution in [0.5, 0.6) is 0 Å². The van der Waals surface area contributed by atoms with E-state index in [4.69, 9.17) is 5.26 Å². The number of carbonyl (C=O) groups excluding carboxylic acids is 1. The average Bonchev–Trinajstić information content (AvgIpc) is 2.77. The molecule has 1 amide bonds. The number of carbonyl (C=O) groups is 1. The second-order valence-corrected chi connectivity index (χ2v) is 3.33. The maximum atomic E-state index is 11.5. The predicted molar refractivity (Wildman–Crippen MR) is 57.6 cm³/mol. The molecule has 1 aromatic heterocycles. The van der Waals surface area contributed by atoms with Crippen molar-refractivity contribution in [3.05, 3.63) is 11.6 Å². The molecule has 0 aliphatic rings. The van der Waals surface area contributed by atoms with Crippen molar-refractivity contribution in [3.8, 4) is 6.07 Å². The number of aromatic nitrogens is 3. The molecule has 86 valence electrons. The smallest absolute Gasteiger partial charge is 0.290 e. The number of unbranched alkanes of at least 4 members (excludes halogenated alkanes) is 2. The monoisotopic (exact) mass is 221 g/mol. The van der Waals surface area contributed by atoms with Crippen molar-refractivity contribution in [1.82, 2.24) is 20.5 Å². The van der Waals surface area contributed by atoms with Crippen molar-refractivity contribution in [3.63, 3.8) is 0 Å². The summed E-state index contributed by atoms with van der Waals surface area (Å²) >= 11 is 0. The number of nitriles is 1. The Hall–Kier alpha value is -1.90. The minimum Gasteiger partial charge on any atom is -0.349 e. The fourth-order valence-corrected chi connectivity index (χ4v) is 1.17. The van der Waals surface area contributed by atoms with Crippen LogP contribution >= 0.6 is 0 Å². The largest absolute Gasteiger partial charge is 0.349 e. The molecule has 2 N–H and O–H groups in total. The summed E-state index contributed by atoms with van der Waals surface area (Å²) in [5, 5.41) is 17.5. The van der Waals surface area contributed by atoms with Gasteiger partial charge in [0.1, 0.15) is 5.82 Å². The summed E-state index contributed by atoms with van der Waals surface area (Å²) in [7, 11) is 0. The number of hydrogen-bond acceptors (Lipinski definition) is 4. The molecule has 6 heteroatoms. The number of hydrogen-bond donors (Lipinski definition) is 2. The first-order chi connectivity index (χ1) is 7.77. The van der Waals surface area contributed by atoms with E-state index >= 15 is 0 Å². The molecular formula is C10H15N5O. The lowest BCUT2D eigenvalue weighted by Crippen LogP contribution is -2.25. The number of aromatic amines is 1. The lowest BCUT2D eigenvalue weighted by molar-refractivity contribution is 0.0943. The van der Waals surface area contributed by atoms with Gasteiger partial charge in [-0.1, -0.05) is 6.92 Å². The Bertz CT molecular complexity index is 379. The number of nitrogens with one attached hydrogen (secondary N) is 2. The molecule has 0 unspecified atom stereocenters. The Balaban J connectivity index is 2.27. The van der Waals surface area contributed by atoms with Gasteiger partial charge in [-0.05, 0) is 12.8 Å². The maximum Gasteiger partial charge on any atom is 0.290 e. The Morgan fingerprint density at radius 2 is 2.38 bits per heavy atom. The van der Waals surface area contributed by atoms with E-state index in [2.05, 4.69) is 26.6 Å². The standard InChI is InChI=1S/C10H15N5O/c1-2-8-13-9(15-14-8)10(16)12-7-5-3-4-6-11/h2-5,7H2,1H3,(H,12,16)(H,13,14,15). The van der Waals surface area contributed by atoms with Crippen molar-refractivity contribution >= 4 is 5.91 Å². The van der Waals surface area contributed by atoms with E-state index in [1.807, 2.05) is 6.92 Å². The lowest BCUT2D eigenvalue weighted by atomic mass is 10.2. The molecule has 0 aromatic carbocycles. The van der Waals surface area contributed by atoms with Crippen molar-refractivity contribution in [2.45, 2.75) is 32.6 Å². The SMILES string of the molecule is CCc1nc(C(=O)NCCCCC#N)n[nH]1. The van der Waals surface area contributed by atoms with E-state index in [0.717, 1.165) is 19.3 Å². The Morgan fingerprint density at radius 1 is 1.56 bits per heavy atom. The molecule has 0 radical (unpaired) electrons. The highest BCUT2D eigenvalue weighted by molar-refractivity contribution is 5.90. The topological polar surface area (TPSA) is 94.5 Å². The van der Waals surface area contributed by atoms with Crippen molar-refractivity contribution in [2.24, 2.45) is 0 Å². The van der Waals surface area contributed by atoms with E-state index in [9.17, 15) is 4.79 Å². The van der Waals surface area contributed by atoms with Crippen LogP contribution < -0.4 is 5.32 Å². The summed E-state index contributed by atoms with van der Waals surface area (Å²) in [6.07, 6.45) is 2.84. The van der Waals surface area contributed by atoms with Gasteiger partial charge in [-0.3, -0.25) is 9.89 Å². The molecule has 0 bridgehead atoms. The summed E-state index contributed by atoms with van der Waals surface area (Å²) in [5.41, 5.74) is 0. The number of rotatable bonds is 6. The molecular weight excluding hydrogens is 206 g/mol. The van der Waals surface area contributed by atoms with Crippen LogP contribution in [0, 0.1) is 11.3 Å². The van der Waals surface area contributed by atoms with Crippen LogP contribution in [-0.4, -0.2) is 27.6 Å². The second kappa shape index (κ2) is 6.56.